The highest BCUT2D eigenvalue weighted by atomic mass is 35.5. The smallest absolute Gasteiger partial charge is 0.329 e. The standard InChI is InChI=1S/C55H57Cl2FN8O8/c1-61-44-28-33(13-18-42(44)64(53(61)72)43-19-20-45(67)63(51(43)70)30-31-11-15-36(16-12-31)66(73)74)32-21-25-62(26-22-32)50(69)34-7-5-8-37(27-34)65-48(49(59)68)46(38-9-6-10-40(57)47(38)58)55(54(65)23-3-2-4-24-54)39-17-14-35(56)29-41(39)60-52(55)71/h6,9-18,28-29,32,34,37,43,46,48H,2-5,7-8,19-27,30H2,1H3,(H2,59,68)(H,60,71)/t34?,37?,43?,46-,48?,55?/m0/s1. The number of aromatic nitrogens is 2. The summed E-state index contributed by atoms with van der Waals surface area (Å²) < 4.78 is 19.6. The number of anilines is 1. The van der Waals surface area contributed by atoms with E-state index in [0.717, 1.165) is 29.7 Å². The van der Waals surface area contributed by atoms with Crippen LogP contribution in [0.25, 0.3) is 11.0 Å². The van der Waals surface area contributed by atoms with Gasteiger partial charge in [0.15, 0.2) is 0 Å². The van der Waals surface area contributed by atoms with E-state index in [0.29, 0.717) is 97.3 Å². The molecule has 5 fully saturated rings. The van der Waals surface area contributed by atoms with Gasteiger partial charge in [0.1, 0.15) is 17.3 Å². The first-order valence-electron chi connectivity index (χ1n) is 25.8. The summed E-state index contributed by atoms with van der Waals surface area (Å²) in [6.07, 6.45) is 7.61. The van der Waals surface area contributed by atoms with E-state index in [1.165, 1.54) is 39.5 Å². The molecule has 6 aliphatic rings. The van der Waals surface area contributed by atoms with Crippen molar-refractivity contribution in [2.75, 3.05) is 18.4 Å². The lowest BCUT2D eigenvalue weighted by molar-refractivity contribution is -0.384. The number of carbonyl (C=O) groups excluding carboxylic acids is 5. The Balaban J connectivity index is 0.833. The number of likely N-dealkylation sites (tertiary alicyclic amines) is 3. The molecule has 5 unspecified atom stereocenters. The number of nitrogens with two attached hydrogens (primary N) is 1. The zero-order chi connectivity index (χ0) is 52.0. The van der Waals surface area contributed by atoms with E-state index in [4.69, 9.17) is 28.9 Å². The van der Waals surface area contributed by atoms with Crippen LogP contribution in [0.3, 0.4) is 0 Å². The molecule has 19 heteroatoms. The molecule has 3 saturated heterocycles. The van der Waals surface area contributed by atoms with Gasteiger partial charge in [-0.05, 0) is 110 Å². The van der Waals surface area contributed by atoms with Crippen LogP contribution in [0.4, 0.5) is 15.8 Å². The number of nitrogens with zero attached hydrogens (tertiary/aromatic N) is 6. The van der Waals surface area contributed by atoms with Crippen molar-refractivity contribution in [3.8, 4) is 0 Å². The summed E-state index contributed by atoms with van der Waals surface area (Å²) in [5.41, 5.74) is 7.70. The van der Waals surface area contributed by atoms with Gasteiger partial charge in [-0.2, -0.15) is 0 Å². The molecule has 0 bridgehead atoms. The van der Waals surface area contributed by atoms with Gasteiger partial charge < -0.3 is 16.0 Å². The van der Waals surface area contributed by atoms with Crippen LogP contribution in [0, 0.1) is 21.8 Å². The average molecular weight is 1050 g/mol. The first kappa shape index (κ1) is 49.8. The maximum atomic E-state index is 16.7. The van der Waals surface area contributed by atoms with Gasteiger partial charge in [0, 0.05) is 72.8 Å². The molecule has 4 aliphatic heterocycles. The van der Waals surface area contributed by atoms with Crippen LogP contribution < -0.4 is 16.7 Å². The number of halogens is 3. The number of carbonyl (C=O) groups is 5. The Bertz CT molecular complexity index is 3220. The molecule has 74 heavy (non-hydrogen) atoms. The fourth-order valence-corrected chi connectivity index (χ4v) is 14.8. The number of non-ortho nitro benzene ring substituents is 1. The van der Waals surface area contributed by atoms with Crippen LogP contribution in [0.2, 0.25) is 10.0 Å². The minimum absolute atomic E-state index is 0.0413. The highest BCUT2D eigenvalue weighted by molar-refractivity contribution is 6.31. The van der Waals surface area contributed by atoms with Gasteiger partial charge in [0.25, 0.3) is 11.6 Å². The van der Waals surface area contributed by atoms with Crippen molar-refractivity contribution in [1.82, 2.24) is 23.8 Å². The second-order valence-corrected chi connectivity index (χ2v) is 22.1. The first-order valence-corrected chi connectivity index (χ1v) is 26.5. The summed E-state index contributed by atoms with van der Waals surface area (Å²) in [4.78, 5) is 101. The van der Waals surface area contributed by atoms with Crippen molar-refractivity contribution in [2.45, 2.75) is 131 Å². The van der Waals surface area contributed by atoms with Crippen molar-refractivity contribution in [2.24, 2.45) is 18.7 Å². The van der Waals surface area contributed by atoms with Crippen LogP contribution in [-0.2, 0) is 43.0 Å². The van der Waals surface area contributed by atoms with E-state index in [1.54, 1.807) is 31.3 Å². The Labute approximate surface area is 436 Å². The van der Waals surface area contributed by atoms with E-state index in [1.807, 2.05) is 29.2 Å². The topological polar surface area (TPSA) is 203 Å². The van der Waals surface area contributed by atoms with E-state index in [-0.39, 0.29) is 76.9 Å². The lowest BCUT2D eigenvalue weighted by Crippen LogP contribution is -2.64. The first-order chi connectivity index (χ1) is 35.5. The molecule has 6 atom stereocenters. The van der Waals surface area contributed by atoms with Crippen LogP contribution in [-0.4, -0.2) is 89.0 Å². The highest BCUT2D eigenvalue weighted by Crippen LogP contribution is 2.67. The van der Waals surface area contributed by atoms with Crippen molar-refractivity contribution in [3.05, 3.63) is 138 Å². The number of nitrogens with one attached hydrogen (secondary N) is 1. The number of aryl methyl sites for hydroxylation is 1. The fourth-order valence-electron chi connectivity index (χ4n) is 14.5. The number of nitro groups is 1. The number of nitro benzene ring substituents is 1. The predicted octanol–water partition coefficient (Wildman–Crippen LogP) is 8.40. The van der Waals surface area contributed by atoms with Gasteiger partial charge in [-0.15, -0.1) is 0 Å². The number of fused-ring (bicyclic) bond motifs is 4. The quantitative estimate of drug-likeness (QED) is 0.0826. The number of primary amides is 1. The zero-order valence-electron chi connectivity index (χ0n) is 40.9. The molecule has 0 radical (unpaired) electrons. The minimum Gasteiger partial charge on any atom is -0.368 e. The number of rotatable bonds is 9. The predicted molar refractivity (Wildman–Crippen MR) is 275 cm³/mol. The second-order valence-electron chi connectivity index (χ2n) is 21.3. The monoisotopic (exact) mass is 1050 g/mol. The Kier molecular flexibility index (Phi) is 12.8. The van der Waals surface area contributed by atoms with Gasteiger partial charge in [-0.3, -0.25) is 53.0 Å². The number of piperidine rings is 2. The van der Waals surface area contributed by atoms with Crippen molar-refractivity contribution in [3.63, 3.8) is 0 Å². The summed E-state index contributed by atoms with van der Waals surface area (Å²) in [6, 6.07) is 19.1. The van der Waals surface area contributed by atoms with Crippen LogP contribution in [0.5, 0.6) is 0 Å². The summed E-state index contributed by atoms with van der Waals surface area (Å²) in [7, 11) is 1.66. The Hall–Kier alpha value is -6.43. The van der Waals surface area contributed by atoms with Gasteiger partial charge in [-0.25, -0.2) is 9.18 Å². The number of benzene rings is 4. The molecular weight excluding hydrogens is 991 g/mol. The zero-order valence-corrected chi connectivity index (χ0v) is 42.5. The maximum Gasteiger partial charge on any atom is 0.329 e. The Morgan fingerprint density at radius 1 is 0.878 bits per heavy atom. The van der Waals surface area contributed by atoms with Crippen molar-refractivity contribution < 1.29 is 33.3 Å². The molecule has 2 aliphatic carbocycles. The third-order valence-corrected chi connectivity index (χ3v) is 18.2. The molecule has 2 spiro atoms. The lowest BCUT2D eigenvalue weighted by Gasteiger charge is -2.54. The molecule has 16 nitrogen and oxygen atoms in total. The summed E-state index contributed by atoms with van der Waals surface area (Å²) in [6.45, 7) is 0.940. The largest absolute Gasteiger partial charge is 0.368 e. The molecule has 5 heterocycles. The van der Waals surface area contributed by atoms with Crippen molar-refractivity contribution in [1.29, 1.82) is 0 Å². The maximum absolute atomic E-state index is 16.7. The van der Waals surface area contributed by atoms with E-state index in [9.17, 15) is 34.1 Å². The van der Waals surface area contributed by atoms with Gasteiger partial charge in [0.05, 0.1) is 33.6 Å². The van der Waals surface area contributed by atoms with Crippen LogP contribution in [0.1, 0.15) is 124 Å². The fraction of sp³-hybridized carbons (Fsp3) is 0.455. The van der Waals surface area contributed by atoms with Crippen LogP contribution >= 0.6 is 23.2 Å². The van der Waals surface area contributed by atoms with Gasteiger partial charge in [-0.1, -0.05) is 85.3 Å². The molecule has 2 saturated carbocycles. The molecule has 4 aromatic carbocycles. The SMILES string of the molecule is Cn1c(=O)n(C2CCC(=O)N(Cc3ccc([N+](=O)[O-])cc3)C2=O)c2ccc(C3CCN(C(=O)C4CCCC(N5C(C(N)=O)[C@H](c6cccc(Cl)c6F)C6(C(=O)Nc7cc(Cl)ccc76)C56CCCCC6)C4)CC3)cc21. The number of imidazole rings is 1. The third-order valence-electron chi connectivity index (χ3n) is 17.7. The number of imide groups is 1. The molecule has 5 amide bonds. The number of amides is 5. The normalized spacial score (nSPS) is 26.3. The highest BCUT2D eigenvalue weighted by Gasteiger charge is 2.76. The third kappa shape index (κ3) is 7.77. The molecule has 386 valence electrons. The van der Waals surface area contributed by atoms with E-state index < -0.39 is 51.5 Å². The van der Waals surface area contributed by atoms with E-state index in [2.05, 4.69) is 10.2 Å². The summed E-state index contributed by atoms with van der Waals surface area (Å²) in [5, 5.41) is 14.6. The summed E-state index contributed by atoms with van der Waals surface area (Å²) >= 11 is 13.0. The molecular formula is C55H57Cl2FN8O8. The second kappa shape index (κ2) is 19.1. The molecule has 1 aromatic heterocycles. The minimum atomic E-state index is -1.44. The average Bonchev–Trinajstić information content (AvgIpc) is 3.93. The Morgan fingerprint density at radius 3 is 2.34 bits per heavy atom. The molecule has 11 rings (SSSR count). The van der Waals surface area contributed by atoms with E-state index >= 15 is 9.18 Å². The Morgan fingerprint density at radius 2 is 1.62 bits per heavy atom. The number of hydrogen-bond donors (Lipinski definition) is 2. The molecule has 5 aromatic rings. The summed E-state index contributed by atoms with van der Waals surface area (Å²) in [5.74, 6) is -3.88. The van der Waals surface area contributed by atoms with Crippen molar-refractivity contribution >= 4 is 75.1 Å². The lowest BCUT2D eigenvalue weighted by atomic mass is 9.55. The number of hydrogen-bond acceptors (Lipinski definition) is 9. The van der Waals surface area contributed by atoms with Crippen LogP contribution in [0.15, 0.2) is 83.7 Å². The van der Waals surface area contributed by atoms with Gasteiger partial charge >= 0.3 is 5.69 Å². The van der Waals surface area contributed by atoms with Gasteiger partial charge in [0.2, 0.25) is 23.6 Å². The molecule has 3 N–H and O–H groups in total.